The Labute approximate surface area is 363 Å². The van der Waals surface area contributed by atoms with E-state index in [0.29, 0.717) is 0 Å². The summed E-state index contributed by atoms with van der Waals surface area (Å²) in [6, 6.07) is 79.9. The molecule has 0 unspecified atom stereocenters. The van der Waals surface area contributed by atoms with Crippen molar-refractivity contribution in [2.75, 3.05) is 9.80 Å². The molecule has 0 spiro atoms. The Morgan fingerprint density at radius 1 is 0.254 bits per heavy atom. The number of benzene rings is 9. The molecule has 12 aromatic rings. The zero-order chi connectivity index (χ0) is 41.7. The normalized spacial score (nSPS) is 11.5. The molecule has 0 saturated heterocycles. The minimum atomic E-state index is 0.762. The molecule has 3 aromatic heterocycles. The Kier molecular flexibility index (Phi) is 8.75. The fourth-order valence-electron chi connectivity index (χ4n) is 8.83. The number of fused-ring (bicyclic) bond motifs is 7. The molecule has 5 nitrogen and oxygen atoms in total. The van der Waals surface area contributed by atoms with Crippen LogP contribution in [0.2, 0.25) is 0 Å². The van der Waals surface area contributed by atoms with E-state index in [4.69, 9.17) is 13.3 Å². The summed E-state index contributed by atoms with van der Waals surface area (Å²) in [4.78, 5) is 4.52. The first-order chi connectivity index (χ1) is 31.2. The maximum absolute atomic E-state index is 6.92. The molecule has 0 fully saturated rings. The predicted molar refractivity (Wildman–Crippen MR) is 259 cm³/mol. The highest BCUT2D eigenvalue weighted by Gasteiger charge is 2.22. The molecule has 0 aliphatic rings. The van der Waals surface area contributed by atoms with Crippen molar-refractivity contribution >= 4 is 77.8 Å². The van der Waals surface area contributed by atoms with Crippen LogP contribution in [-0.2, 0) is 0 Å². The number of furan rings is 3. The lowest BCUT2D eigenvalue weighted by molar-refractivity contribution is 0.629. The zero-order valence-electron chi connectivity index (χ0n) is 34.1. The SMILES string of the molecule is c1ccc(-c2cc3cc4c(cc3o2)c2cc(-c3ccc(N(c5ccccc5)c5ccccc5)cc3)oc2c2cc(-c3ccc(N(c5ccccc5)c5ccccc5)cc3)oc42)cc1. The van der Waals surface area contributed by atoms with Crippen molar-refractivity contribution in [2.45, 2.75) is 0 Å². The largest absolute Gasteiger partial charge is 0.456 e. The highest BCUT2D eigenvalue weighted by atomic mass is 16.4. The lowest BCUT2D eigenvalue weighted by Gasteiger charge is -2.25. The summed E-state index contributed by atoms with van der Waals surface area (Å²) in [7, 11) is 0. The van der Waals surface area contributed by atoms with Gasteiger partial charge in [0.05, 0.1) is 5.39 Å². The Hall–Kier alpha value is -8.54. The first kappa shape index (κ1) is 36.3. The van der Waals surface area contributed by atoms with Crippen LogP contribution in [0.3, 0.4) is 0 Å². The summed E-state index contributed by atoms with van der Waals surface area (Å²) < 4.78 is 20.4. The third kappa shape index (κ3) is 6.51. The van der Waals surface area contributed by atoms with E-state index in [-0.39, 0.29) is 0 Å². The Balaban J connectivity index is 0.992. The molecule has 0 atom stereocenters. The van der Waals surface area contributed by atoms with Crippen molar-refractivity contribution in [3.05, 3.63) is 231 Å². The standard InChI is InChI=1S/C58H38N2O3/c1-6-16-39(17-7-1)53-35-42-34-50-49(36-56(42)61-53)51-37-54(40-26-30-47(31-27-40)59(43-18-8-2-9-19-43)44-20-10-3-11-21-44)62-58(51)52-38-55(63-57(50)52)41-28-32-48(33-29-41)60(45-22-12-4-13-23-45)46-24-14-5-15-25-46/h1-38H. The van der Waals surface area contributed by atoms with E-state index in [1.54, 1.807) is 0 Å². The van der Waals surface area contributed by atoms with Gasteiger partial charge in [-0.2, -0.15) is 0 Å². The molecule has 0 aliphatic carbocycles. The number of rotatable bonds is 9. The van der Waals surface area contributed by atoms with Crippen LogP contribution in [-0.4, -0.2) is 0 Å². The van der Waals surface area contributed by atoms with Crippen LogP contribution in [0.5, 0.6) is 0 Å². The first-order valence-electron chi connectivity index (χ1n) is 21.1. The summed E-state index contributed by atoms with van der Waals surface area (Å²) in [5.74, 6) is 2.36. The van der Waals surface area contributed by atoms with E-state index in [0.717, 1.165) is 112 Å². The second kappa shape index (κ2) is 15.2. The lowest BCUT2D eigenvalue weighted by atomic mass is 10.0. The van der Waals surface area contributed by atoms with Gasteiger partial charge in [-0.15, -0.1) is 0 Å². The second-order valence-electron chi connectivity index (χ2n) is 15.7. The summed E-state index contributed by atoms with van der Waals surface area (Å²) in [5.41, 5.74) is 11.8. The van der Waals surface area contributed by atoms with Gasteiger partial charge in [-0.05, 0) is 127 Å². The second-order valence-corrected chi connectivity index (χ2v) is 15.7. The Morgan fingerprint density at radius 3 is 1.05 bits per heavy atom. The highest BCUT2D eigenvalue weighted by molar-refractivity contribution is 6.25. The van der Waals surface area contributed by atoms with Crippen LogP contribution in [0.1, 0.15) is 0 Å². The molecule has 0 radical (unpaired) electrons. The number of nitrogens with zero attached hydrogens (tertiary/aromatic N) is 2. The molecule has 9 aromatic carbocycles. The van der Waals surface area contributed by atoms with Crippen molar-refractivity contribution in [1.82, 2.24) is 0 Å². The van der Waals surface area contributed by atoms with E-state index >= 15 is 0 Å². The monoisotopic (exact) mass is 810 g/mol. The molecular formula is C58H38N2O3. The summed E-state index contributed by atoms with van der Waals surface area (Å²) >= 11 is 0. The van der Waals surface area contributed by atoms with Crippen LogP contribution in [0.4, 0.5) is 34.1 Å². The lowest BCUT2D eigenvalue weighted by Crippen LogP contribution is -2.09. The van der Waals surface area contributed by atoms with Crippen molar-refractivity contribution in [3.8, 4) is 34.0 Å². The molecule has 3 heterocycles. The number of hydrogen-bond donors (Lipinski definition) is 0. The van der Waals surface area contributed by atoms with Gasteiger partial charge in [0.1, 0.15) is 34.0 Å². The fourth-order valence-corrected chi connectivity index (χ4v) is 8.83. The molecule has 0 amide bonds. The third-order valence-electron chi connectivity index (χ3n) is 11.8. The number of para-hydroxylation sites is 4. The van der Waals surface area contributed by atoms with Crippen LogP contribution >= 0.6 is 0 Å². The molecular weight excluding hydrogens is 773 g/mol. The molecule has 12 rings (SSSR count). The smallest absolute Gasteiger partial charge is 0.146 e. The van der Waals surface area contributed by atoms with Crippen LogP contribution in [0.15, 0.2) is 244 Å². The topological polar surface area (TPSA) is 45.9 Å². The van der Waals surface area contributed by atoms with Crippen LogP contribution < -0.4 is 9.80 Å². The van der Waals surface area contributed by atoms with E-state index in [9.17, 15) is 0 Å². The molecule has 298 valence electrons. The predicted octanol–water partition coefficient (Wildman–Crippen LogP) is 17.0. The summed E-state index contributed by atoms with van der Waals surface area (Å²) in [6.07, 6.45) is 0. The summed E-state index contributed by atoms with van der Waals surface area (Å²) in [6.45, 7) is 0. The number of hydrogen-bond acceptors (Lipinski definition) is 5. The van der Waals surface area contributed by atoms with Crippen LogP contribution in [0.25, 0.3) is 77.7 Å². The van der Waals surface area contributed by atoms with Gasteiger partial charge in [-0.25, -0.2) is 0 Å². The van der Waals surface area contributed by atoms with E-state index in [1.165, 1.54) is 0 Å². The van der Waals surface area contributed by atoms with Gasteiger partial charge < -0.3 is 23.1 Å². The van der Waals surface area contributed by atoms with E-state index < -0.39 is 0 Å². The highest BCUT2D eigenvalue weighted by Crippen LogP contribution is 2.45. The van der Waals surface area contributed by atoms with E-state index in [1.807, 2.05) is 42.5 Å². The Bertz CT molecular complexity index is 3230. The summed E-state index contributed by atoms with van der Waals surface area (Å²) in [5, 5.41) is 4.92. The van der Waals surface area contributed by atoms with Crippen molar-refractivity contribution < 1.29 is 13.3 Å². The molecule has 0 saturated carbocycles. The Morgan fingerprint density at radius 2 is 0.603 bits per heavy atom. The van der Waals surface area contributed by atoms with Gasteiger partial charge in [-0.3, -0.25) is 0 Å². The molecule has 0 bridgehead atoms. The van der Waals surface area contributed by atoms with Crippen molar-refractivity contribution in [2.24, 2.45) is 0 Å². The molecule has 0 aliphatic heterocycles. The molecule has 63 heavy (non-hydrogen) atoms. The average Bonchev–Trinajstić information content (AvgIpc) is 4.12. The quantitative estimate of drug-likeness (QED) is 0.145. The minimum absolute atomic E-state index is 0.762. The molecule has 0 N–H and O–H groups in total. The maximum atomic E-state index is 6.92. The van der Waals surface area contributed by atoms with Gasteiger partial charge in [0.2, 0.25) is 0 Å². The minimum Gasteiger partial charge on any atom is -0.456 e. The van der Waals surface area contributed by atoms with Gasteiger partial charge in [0, 0.05) is 72.4 Å². The van der Waals surface area contributed by atoms with E-state index in [2.05, 4.69) is 198 Å². The fraction of sp³-hybridized carbons (Fsp3) is 0. The third-order valence-corrected chi connectivity index (χ3v) is 11.8. The number of anilines is 6. The molecule has 5 heteroatoms. The average molecular weight is 811 g/mol. The maximum Gasteiger partial charge on any atom is 0.146 e. The first-order valence-corrected chi connectivity index (χ1v) is 21.1. The van der Waals surface area contributed by atoms with Gasteiger partial charge in [0.15, 0.2) is 0 Å². The van der Waals surface area contributed by atoms with Gasteiger partial charge >= 0.3 is 0 Å². The van der Waals surface area contributed by atoms with Gasteiger partial charge in [0.25, 0.3) is 0 Å². The van der Waals surface area contributed by atoms with Crippen LogP contribution in [0, 0.1) is 0 Å². The zero-order valence-corrected chi connectivity index (χ0v) is 34.1. The van der Waals surface area contributed by atoms with Crippen molar-refractivity contribution in [3.63, 3.8) is 0 Å². The van der Waals surface area contributed by atoms with Gasteiger partial charge in [-0.1, -0.05) is 103 Å². The van der Waals surface area contributed by atoms with Crippen molar-refractivity contribution in [1.29, 1.82) is 0 Å².